The summed E-state index contributed by atoms with van der Waals surface area (Å²) in [6, 6.07) is 10.0. The number of aromatic amines is 1. The summed E-state index contributed by atoms with van der Waals surface area (Å²) in [4.78, 5) is 20.3. The average Bonchev–Trinajstić information content (AvgIpc) is 3.21. The van der Waals surface area contributed by atoms with E-state index in [2.05, 4.69) is 35.2 Å². The number of nitrogens with one attached hydrogen (secondary N) is 2. The zero-order valence-electron chi connectivity index (χ0n) is 14.6. The number of hydrogen-bond donors (Lipinski definition) is 2. The Morgan fingerprint density at radius 2 is 2.04 bits per heavy atom. The van der Waals surface area contributed by atoms with Crippen molar-refractivity contribution in [2.24, 2.45) is 0 Å². The number of carbonyl (C=O) groups is 1. The number of hydrogen-bond acceptors (Lipinski definition) is 2. The topological polar surface area (TPSA) is 62.2 Å². The minimum absolute atomic E-state index is 0.123. The van der Waals surface area contributed by atoms with E-state index >= 15 is 0 Å². The number of imidazole rings is 1. The third kappa shape index (κ3) is 2.67. The minimum Gasteiger partial charge on any atom is -0.351 e. The summed E-state index contributed by atoms with van der Waals surface area (Å²) in [6.07, 6.45) is 3.91. The molecule has 4 rings (SSSR count). The molecule has 0 fully saturated rings. The molecule has 0 radical (unpaired) electrons. The van der Waals surface area contributed by atoms with Gasteiger partial charge in [-0.3, -0.25) is 4.79 Å². The molecule has 1 aromatic carbocycles. The molecule has 0 atom stereocenters. The van der Waals surface area contributed by atoms with Crippen LogP contribution in [0.1, 0.15) is 32.9 Å². The van der Waals surface area contributed by atoms with Crippen LogP contribution in [0.3, 0.4) is 0 Å². The quantitative estimate of drug-likeness (QED) is 0.601. The molecule has 2 N–H and O–H groups in total. The highest BCUT2D eigenvalue weighted by molar-refractivity contribution is 5.99. The third-order valence-electron chi connectivity index (χ3n) is 4.75. The highest BCUT2D eigenvalue weighted by Crippen LogP contribution is 2.22. The van der Waals surface area contributed by atoms with Gasteiger partial charge in [0.25, 0.3) is 5.91 Å². The van der Waals surface area contributed by atoms with Crippen LogP contribution >= 0.6 is 0 Å². The molecule has 126 valence electrons. The van der Waals surface area contributed by atoms with Gasteiger partial charge in [0.15, 0.2) is 0 Å². The van der Waals surface area contributed by atoms with Crippen LogP contribution in [0.5, 0.6) is 0 Å². The smallest absolute Gasteiger partial charge is 0.268 e. The predicted octanol–water partition coefficient (Wildman–Crippen LogP) is 3.67. The summed E-state index contributed by atoms with van der Waals surface area (Å²) in [7, 11) is 0. The van der Waals surface area contributed by atoms with Crippen molar-refractivity contribution in [1.29, 1.82) is 0 Å². The lowest BCUT2D eigenvalue weighted by atomic mass is 10.1. The third-order valence-corrected chi connectivity index (χ3v) is 4.75. The fourth-order valence-corrected chi connectivity index (χ4v) is 3.14. The van der Waals surface area contributed by atoms with Gasteiger partial charge in [0, 0.05) is 23.3 Å². The Hall–Kier alpha value is -3.08. The molecule has 3 heterocycles. The molecule has 0 aliphatic rings. The molecule has 0 spiro atoms. The number of pyridine rings is 1. The van der Waals surface area contributed by atoms with Gasteiger partial charge >= 0.3 is 0 Å². The predicted molar refractivity (Wildman–Crippen MR) is 98.9 cm³/mol. The van der Waals surface area contributed by atoms with Crippen LogP contribution in [0.25, 0.3) is 16.6 Å². The summed E-state index contributed by atoms with van der Waals surface area (Å²) >= 11 is 0. The Balaban J connectivity index is 1.55. The van der Waals surface area contributed by atoms with E-state index in [0.29, 0.717) is 12.2 Å². The number of benzene rings is 1. The fraction of sp³-hybridized carbons (Fsp3) is 0.200. The Morgan fingerprint density at radius 1 is 1.20 bits per heavy atom. The molecule has 1 amide bonds. The summed E-state index contributed by atoms with van der Waals surface area (Å²) < 4.78 is 1.98. The number of aromatic nitrogens is 3. The van der Waals surface area contributed by atoms with Gasteiger partial charge in [-0.25, -0.2) is 4.98 Å². The number of carbonyl (C=O) groups excluding carboxylic acids is 1. The SMILES string of the molecule is Cc1ccc2[nH]c(C(=O)NCc3cn4cccc(C)c4n3)cc2c1C. The standard InChI is InChI=1S/C20H20N4O/c1-12-6-7-17-16(14(12)3)9-18(23-17)20(25)21-10-15-11-24-8-4-5-13(2)19(24)22-15/h4-9,11,23H,10H2,1-3H3,(H,21,25). The molecular formula is C20H20N4O. The van der Waals surface area contributed by atoms with Crippen molar-refractivity contribution < 1.29 is 4.79 Å². The Labute approximate surface area is 145 Å². The Morgan fingerprint density at radius 3 is 2.84 bits per heavy atom. The molecule has 0 saturated heterocycles. The number of nitrogens with zero attached hydrogens (tertiary/aromatic N) is 2. The van der Waals surface area contributed by atoms with Crippen molar-refractivity contribution in [3.05, 3.63) is 70.8 Å². The fourth-order valence-electron chi connectivity index (χ4n) is 3.14. The number of rotatable bonds is 3. The number of amides is 1. The number of fused-ring (bicyclic) bond motifs is 2. The van der Waals surface area contributed by atoms with Crippen LogP contribution in [0.2, 0.25) is 0 Å². The second-order valence-corrected chi connectivity index (χ2v) is 6.49. The molecule has 0 unspecified atom stereocenters. The maximum absolute atomic E-state index is 12.5. The largest absolute Gasteiger partial charge is 0.351 e. The van der Waals surface area contributed by atoms with E-state index in [1.807, 2.05) is 48.0 Å². The number of aryl methyl sites for hydroxylation is 3. The minimum atomic E-state index is -0.123. The summed E-state index contributed by atoms with van der Waals surface area (Å²) in [5.74, 6) is -0.123. The van der Waals surface area contributed by atoms with Gasteiger partial charge in [-0.2, -0.15) is 0 Å². The highest BCUT2D eigenvalue weighted by atomic mass is 16.1. The van der Waals surface area contributed by atoms with Crippen molar-refractivity contribution in [3.8, 4) is 0 Å². The second kappa shape index (κ2) is 5.77. The van der Waals surface area contributed by atoms with E-state index in [9.17, 15) is 4.79 Å². The van der Waals surface area contributed by atoms with E-state index in [1.54, 1.807) is 0 Å². The van der Waals surface area contributed by atoms with Crippen LogP contribution in [0.4, 0.5) is 0 Å². The molecular weight excluding hydrogens is 312 g/mol. The van der Waals surface area contributed by atoms with Crippen LogP contribution in [0, 0.1) is 20.8 Å². The normalized spacial score (nSPS) is 11.3. The van der Waals surface area contributed by atoms with E-state index < -0.39 is 0 Å². The van der Waals surface area contributed by atoms with E-state index in [1.165, 1.54) is 11.1 Å². The first-order chi connectivity index (χ1) is 12.0. The molecule has 25 heavy (non-hydrogen) atoms. The van der Waals surface area contributed by atoms with Gasteiger partial charge < -0.3 is 14.7 Å². The van der Waals surface area contributed by atoms with Gasteiger partial charge in [-0.05, 0) is 55.7 Å². The number of H-pyrrole nitrogens is 1. The lowest BCUT2D eigenvalue weighted by Gasteiger charge is -2.00. The van der Waals surface area contributed by atoms with Gasteiger partial charge in [0.05, 0.1) is 12.2 Å². The van der Waals surface area contributed by atoms with Gasteiger partial charge in [0.2, 0.25) is 0 Å². The zero-order valence-corrected chi connectivity index (χ0v) is 14.6. The maximum atomic E-state index is 12.5. The van der Waals surface area contributed by atoms with E-state index in [-0.39, 0.29) is 5.91 Å². The monoisotopic (exact) mass is 332 g/mol. The lowest BCUT2D eigenvalue weighted by molar-refractivity contribution is 0.0946. The first kappa shape index (κ1) is 15.4. The van der Waals surface area contributed by atoms with Crippen molar-refractivity contribution in [3.63, 3.8) is 0 Å². The molecule has 5 nitrogen and oxygen atoms in total. The zero-order chi connectivity index (χ0) is 17.6. The molecule has 0 aliphatic carbocycles. The van der Waals surface area contributed by atoms with Gasteiger partial charge in [-0.1, -0.05) is 12.1 Å². The van der Waals surface area contributed by atoms with Crippen molar-refractivity contribution in [2.75, 3.05) is 0 Å². The molecule has 5 heteroatoms. The molecule has 3 aromatic heterocycles. The Kier molecular flexibility index (Phi) is 3.57. The summed E-state index contributed by atoms with van der Waals surface area (Å²) in [5, 5.41) is 4.04. The first-order valence-electron chi connectivity index (χ1n) is 8.33. The Bertz CT molecular complexity index is 1100. The summed E-state index contributed by atoms with van der Waals surface area (Å²) in [6.45, 7) is 6.58. The van der Waals surface area contributed by atoms with Crippen LogP contribution in [-0.2, 0) is 6.54 Å². The van der Waals surface area contributed by atoms with Crippen molar-refractivity contribution in [1.82, 2.24) is 19.7 Å². The molecule has 0 bridgehead atoms. The van der Waals surface area contributed by atoms with Crippen LogP contribution in [0.15, 0.2) is 42.7 Å². The molecule has 0 aliphatic heterocycles. The van der Waals surface area contributed by atoms with Crippen molar-refractivity contribution in [2.45, 2.75) is 27.3 Å². The lowest BCUT2D eigenvalue weighted by Crippen LogP contribution is -2.23. The average molecular weight is 332 g/mol. The first-order valence-corrected chi connectivity index (χ1v) is 8.33. The second-order valence-electron chi connectivity index (χ2n) is 6.49. The highest BCUT2D eigenvalue weighted by Gasteiger charge is 2.12. The van der Waals surface area contributed by atoms with Gasteiger partial charge in [-0.15, -0.1) is 0 Å². The molecule has 0 saturated carbocycles. The van der Waals surface area contributed by atoms with Crippen molar-refractivity contribution >= 4 is 22.5 Å². The van der Waals surface area contributed by atoms with Gasteiger partial charge in [0.1, 0.15) is 11.3 Å². The summed E-state index contributed by atoms with van der Waals surface area (Å²) in [5.41, 5.74) is 6.85. The van der Waals surface area contributed by atoms with Crippen LogP contribution in [-0.4, -0.2) is 20.3 Å². The van der Waals surface area contributed by atoms with E-state index in [4.69, 9.17) is 0 Å². The van der Waals surface area contributed by atoms with E-state index in [0.717, 1.165) is 27.8 Å². The van der Waals surface area contributed by atoms with Crippen LogP contribution < -0.4 is 5.32 Å². The molecule has 4 aromatic rings. The maximum Gasteiger partial charge on any atom is 0.268 e.